The van der Waals surface area contributed by atoms with E-state index in [9.17, 15) is 14.0 Å². The average Bonchev–Trinajstić information content (AvgIpc) is 2.87. The van der Waals surface area contributed by atoms with Crippen molar-refractivity contribution in [2.45, 2.75) is 26.2 Å². The minimum atomic E-state index is -0.414. The Kier molecular flexibility index (Phi) is 6.82. The monoisotopic (exact) mass is 400 g/mol. The SMILES string of the molecule is COc1ccc(CN2C[C@H](OCc3ccccc3F)CN(C(C)=O)CC2=O)cc1. The van der Waals surface area contributed by atoms with E-state index in [0.717, 1.165) is 11.3 Å². The molecular weight excluding hydrogens is 375 g/mol. The van der Waals surface area contributed by atoms with Gasteiger partial charge in [0.25, 0.3) is 0 Å². The maximum Gasteiger partial charge on any atom is 0.242 e. The summed E-state index contributed by atoms with van der Waals surface area (Å²) in [6.07, 6.45) is -0.414. The predicted molar refractivity (Wildman–Crippen MR) is 106 cm³/mol. The first-order valence-electron chi connectivity index (χ1n) is 9.47. The summed E-state index contributed by atoms with van der Waals surface area (Å²) in [6, 6.07) is 13.9. The molecule has 0 spiro atoms. The fraction of sp³-hybridized carbons (Fsp3) is 0.364. The van der Waals surface area contributed by atoms with Gasteiger partial charge >= 0.3 is 0 Å². The second-order valence-electron chi connectivity index (χ2n) is 7.05. The molecule has 1 aliphatic heterocycles. The number of nitrogens with zero attached hydrogens (tertiary/aromatic N) is 2. The smallest absolute Gasteiger partial charge is 0.242 e. The number of halogens is 1. The highest BCUT2D eigenvalue weighted by Crippen LogP contribution is 2.17. The Morgan fingerprint density at radius 2 is 1.86 bits per heavy atom. The summed E-state index contributed by atoms with van der Waals surface area (Å²) in [5.41, 5.74) is 1.39. The molecule has 0 saturated carbocycles. The Morgan fingerprint density at radius 1 is 1.14 bits per heavy atom. The van der Waals surface area contributed by atoms with Crippen molar-refractivity contribution < 1.29 is 23.5 Å². The third-order valence-corrected chi connectivity index (χ3v) is 4.94. The molecule has 0 aromatic heterocycles. The van der Waals surface area contributed by atoms with Gasteiger partial charge < -0.3 is 19.3 Å². The predicted octanol–water partition coefficient (Wildman–Crippen LogP) is 2.61. The molecular formula is C22H25FN2O4. The van der Waals surface area contributed by atoms with Crippen LogP contribution in [0.3, 0.4) is 0 Å². The first-order chi connectivity index (χ1) is 14.0. The van der Waals surface area contributed by atoms with Crippen molar-refractivity contribution in [3.8, 4) is 5.75 Å². The highest BCUT2D eigenvalue weighted by molar-refractivity contribution is 5.84. The third-order valence-electron chi connectivity index (χ3n) is 4.94. The van der Waals surface area contributed by atoms with E-state index in [1.165, 1.54) is 17.9 Å². The van der Waals surface area contributed by atoms with Gasteiger partial charge in [-0.15, -0.1) is 0 Å². The van der Waals surface area contributed by atoms with Crippen LogP contribution in [-0.2, 0) is 27.5 Å². The Morgan fingerprint density at radius 3 is 2.52 bits per heavy atom. The minimum absolute atomic E-state index is 0.00501. The first kappa shape index (κ1) is 20.8. The van der Waals surface area contributed by atoms with Crippen LogP contribution in [0.15, 0.2) is 48.5 Å². The lowest BCUT2D eigenvalue weighted by atomic mass is 10.2. The molecule has 0 N–H and O–H groups in total. The maximum atomic E-state index is 13.9. The summed E-state index contributed by atoms with van der Waals surface area (Å²) in [4.78, 5) is 27.8. The van der Waals surface area contributed by atoms with Crippen molar-refractivity contribution in [2.24, 2.45) is 0 Å². The molecule has 1 heterocycles. The van der Waals surface area contributed by atoms with Gasteiger partial charge in [0.15, 0.2) is 0 Å². The van der Waals surface area contributed by atoms with E-state index in [0.29, 0.717) is 18.7 Å². The zero-order valence-electron chi connectivity index (χ0n) is 16.6. The summed E-state index contributed by atoms with van der Waals surface area (Å²) in [6.45, 7) is 2.52. The average molecular weight is 400 g/mol. The lowest BCUT2D eigenvalue weighted by molar-refractivity contribution is -0.137. The number of carbonyl (C=O) groups is 2. The molecule has 2 amide bonds. The van der Waals surface area contributed by atoms with Crippen LogP contribution in [-0.4, -0.2) is 54.5 Å². The molecule has 0 unspecified atom stereocenters. The van der Waals surface area contributed by atoms with Crippen LogP contribution in [0.1, 0.15) is 18.1 Å². The van der Waals surface area contributed by atoms with Gasteiger partial charge in [0, 0.05) is 32.1 Å². The number of rotatable bonds is 6. The molecule has 1 saturated heterocycles. The van der Waals surface area contributed by atoms with Gasteiger partial charge in [-0.3, -0.25) is 9.59 Å². The van der Waals surface area contributed by atoms with Crippen molar-refractivity contribution >= 4 is 11.8 Å². The van der Waals surface area contributed by atoms with E-state index < -0.39 is 6.10 Å². The number of benzene rings is 2. The molecule has 0 aliphatic carbocycles. The molecule has 2 aromatic rings. The van der Waals surface area contributed by atoms with Gasteiger partial charge in [-0.05, 0) is 23.8 Å². The second kappa shape index (κ2) is 9.52. The number of hydrogen-bond acceptors (Lipinski definition) is 4. The number of amides is 2. The zero-order valence-corrected chi connectivity index (χ0v) is 16.6. The van der Waals surface area contributed by atoms with Gasteiger partial charge in [-0.2, -0.15) is 0 Å². The van der Waals surface area contributed by atoms with Crippen LogP contribution in [0.4, 0.5) is 4.39 Å². The van der Waals surface area contributed by atoms with Gasteiger partial charge in [-0.25, -0.2) is 4.39 Å². The molecule has 3 rings (SSSR count). The molecule has 6 nitrogen and oxygen atoms in total. The van der Waals surface area contributed by atoms with Crippen LogP contribution >= 0.6 is 0 Å². The van der Waals surface area contributed by atoms with Gasteiger partial charge in [0.05, 0.1) is 26.4 Å². The van der Waals surface area contributed by atoms with Gasteiger partial charge in [0.1, 0.15) is 11.6 Å². The van der Waals surface area contributed by atoms with E-state index >= 15 is 0 Å². The topological polar surface area (TPSA) is 59.1 Å². The van der Waals surface area contributed by atoms with Crippen LogP contribution < -0.4 is 4.74 Å². The van der Waals surface area contributed by atoms with E-state index in [-0.39, 0.29) is 37.3 Å². The Labute approximate surface area is 169 Å². The molecule has 29 heavy (non-hydrogen) atoms. The fourth-order valence-electron chi connectivity index (χ4n) is 3.25. The van der Waals surface area contributed by atoms with Gasteiger partial charge in [-0.1, -0.05) is 30.3 Å². The first-order valence-corrected chi connectivity index (χ1v) is 9.47. The summed E-state index contributed by atoms with van der Waals surface area (Å²) < 4.78 is 25.0. The Hall–Kier alpha value is -2.93. The number of hydrogen-bond donors (Lipinski definition) is 0. The summed E-state index contributed by atoms with van der Waals surface area (Å²) in [5, 5.41) is 0. The quantitative estimate of drug-likeness (QED) is 0.748. The highest BCUT2D eigenvalue weighted by atomic mass is 19.1. The zero-order chi connectivity index (χ0) is 20.8. The van der Waals surface area contributed by atoms with Crippen LogP contribution in [0.2, 0.25) is 0 Å². The lowest BCUT2D eigenvalue weighted by Crippen LogP contribution is -2.38. The minimum Gasteiger partial charge on any atom is -0.497 e. The largest absolute Gasteiger partial charge is 0.497 e. The fourth-order valence-corrected chi connectivity index (χ4v) is 3.25. The van der Waals surface area contributed by atoms with Crippen molar-refractivity contribution in [1.29, 1.82) is 0 Å². The molecule has 2 aromatic carbocycles. The van der Waals surface area contributed by atoms with E-state index in [1.807, 2.05) is 24.3 Å². The van der Waals surface area contributed by atoms with Gasteiger partial charge in [0.2, 0.25) is 11.8 Å². The Balaban J connectivity index is 1.72. The highest BCUT2D eigenvalue weighted by Gasteiger charge is 2.29. The van der Waals surface area contributed by atoms with E-state index in [4.69, 9.17) is 9.47 Å². The van der Waals surface area contributed by atoms with E-state index in [2.05, 4.69) is 0 Å². The normalized spacial score (nSPS) is 17.2. The molecule has 1 atom stereocenters. The van der Waals surface area contributed by atoms with Crippen LogP contribution in [0, 0.1) is 5.82 Å². The van der Waals surface area contributed by atoms with Crippen LogP contribution in [0.25, 0.3) is 0 Å². The van der Waals surface area contributed by atoms with Crippen molar-refractivity contribution in [3.63, 3.8) is 0 Å². The summed E-state index contributed by atoms with van der Waals surface area (Å²) >= 11 is 0. The summed E-state index contributed by atoms with van der Waals surface area (Å²) in [5.74, 6) is 0.0673. The molecule has 7 heteroatoms. The Bertz CT molecular complexity index is 856. The van der Waals surface area contributed by atoms with Crippen LogP contribution in [0.5, 0.6) is 5.75 Å². The van der Waals surface area contributed by atoms with Crippen molar-refractivity contribution in [3.05, 3.63) is 65.5 Å². The van der Waals surface area contributed by atoms with Crippen molar-refractivity contribution in [1.82, 2.24) is 9.80 Å². The van der Waals surface area contributed by atoms with E-state index in [1.54, 1.807) is 30.2 Å². The second-order valence-corrected chi connectivity index (χ2v) is 7.05. The number of carbonyl (C=O) groups excluding carboxylic acids is 2. The lowest BCUT2D eigenvalue weighted by Gasteiger charge is -2.25. The maximum absolute atomic E-state index is 13.9. The third kappa shape index (κ3) is 5.54. The van der Waals surface area contributed by atoms with Crippen molar-refractivity contribution in [2.75, 3.05) is 26.7 Å². The summed E-state index contributed by atoms with van der Waals surface area (Å²) in [7, 11) is 1.60. The molecule has 1 aliphatic rings. The molecule has 0 bridgehead atoms. The molecule has 0 radical (unpaired) electrons. The standard InChI is InChI=1S/C22H25FN2O4/c1-16(26)24-12-20(29-15-18-5-3-4-6-21(18)23)13-25(22(27)14-24)11-17-7-9-19(28-2)10-8-17/h3-10,20H,11-15H2,1-2H3/t20-/m1/s1. The molecule has 1 fully saturated rings. The number of methoxy groups -OCH3 is 1. The molecule has 154 valence electrons. The number of ether oxygens (including phenoxy) is 2.